The molecule has 0 saturated carbocycles. The molecule has 0 atom stereocenters. The topological polar surface area (TPSA) is 67.4 Å². The van der Waals surface area contributed by atoms with Gasteiger partial charge in [-0.15, -0.1) is 0 Å². The smallest absolute Gasteiger partial charge is 0.256 e. The molecule has 0 aliphatic carbocycles. The molecule has 0 heterocycles. The number of nitrogens with one attached hydrogen (secondary N) is 2. The van der Waals surface area contributed by atoms with Gasteiger partial charge in [-0.25, -0.2) is 0 Å². The van der Waals surface area contributed by atoms with E-state index in [1.54, 1.807) is 48.5 Å². The van der Waals surface area contributed by atoms with E-state index in [0.717, 1.165) is 11.1 Å². The fourth-order valence-corrected chi connectivity index (χ4v) is 3.79. The zero-order valence-electron chi connectivity index (χ0n) is 18.1. The van der Waals surface area contributed by atoms with Gasteiger partial charge in [0.15, 0.2) is 0 Å². The van der Waals surface area contributed by atoms with Gasteiger partial charge in [-0.2, -0.15) is 0 Å². The third-order valence-corrected chi connectivity index (χ3v) is 5.71. The van der Waals surface area contributed by atoms with Crippen molar-refractivity contribution in [1.29, 1.82) is 0 Å². The summed E-state index contributed by atoms with van der Waals surface area (Å²) in [7, 11) is 1.47. The molecule has 5 nitrogen and oxygen atoms in total. The number of benzene rings is 4. The second kappa shape index (κ2) is 10.4. The molecule has 4 aromatic carbocycles. The van der Waals surface area contributed by atoms with Crippen LogP contribution in [0.15, 0.2) is 91.0 Å². The fourth-order valence-electron chi connectivity index (χ4n) is 3.45. The van der Waals surface area contributed by atoms with Crippen molar-refractivity contribution in [2.45, 2.75) is 0 Å². The summed E-state index contributed by atoms with van der Waals surface area (Å²) >= 11 is 12.3. The van der Waals surface area contributed by atoms with E-state index in [4.69, 9.17) is 27.9 Å². The van der Waals surface area contributed by atoms with Crippen molar-refractivity contribution in [1.82, 2.24) is 0 Å². The first kappa shape index (κ1) is 23.4. The monoisotopic (exact) mass is 490 g/mol. The molecule has 170 valence electrons. The van der Waals surface area contributed by atoms with Crippen molar-refractivity contribution >= 4 is 46.4 Å². The van der Waals surface area contributed by atoms with Gasteiger partial charge in [-0.1, -0.05) is 71.7 Å². The highest BCUT2D eigenvalue weighted by atomic mass is 35.5. The second-order valence-electron chi connectivity index (χ2n) is 7.36. The van der Waals surface area contributed by atoms with Crippen LogP contribution in [0.2, 0.25) is 10.0 Å². The molecule has 0 aromatic heterocycles. The molecule has 0 spiro atoms. The van der Waals surface area contributed by atoms with E-state index < -0.39 is 0 Å². The fraction of sp³-hybridized carbons (Fsp3) is 0.0370. The number of methoxy groups -OCH3 is 1. The maximum absolute atomic E-state index is 13.2. The van der Waals surface area contributed by atoms with Crippen molar-refractivity contribution in [3.05, 3.63) is 112 Å². The van der Waals surface area contributed by atoms with Crippen molar-refractivity contribution < 1.29 is 14.3 Å². The lowest BCUT2D eigenvalue weighted by molar-refractivity contribution is 0.101. The Labute approximate surface area is 207 Å². The van der Waals surface area contributed by atoms with E-state index in [0.29, 0.717) is 33.3 Å². The zero-order valence-corrected chi connectivity index (χ0v) is 19.7. The minimum atomic E-state index is -0.353. The van der Waals surface area contributed by atoms with Crippen molar-refractivity contribution in [2.24, 2.45) is 0 Å². The number of carbonyl (C=O) groups is 2. The molecule has 0 unspecified atom stereocenters. The highest BCUT2D eigenvalue weighted by Gasteiger charge is 2.17. The molecule has 7 heteroatoms. The number of halogens is 2. The van der Waals surface area contributed by atoms with Crippen LogP contribution in [0.5, 0.6) is 5.75 Å². The number of amides is 2. The quantitative estimate of drug-likeness (QED) is 0.300. The van der Waals surface area contributed by atoms with Crippen LogP contribution in [0, 0.1) is 0 Å². The Bertz CT molecular complexity index is 1340. The first-order chi connectivity index (χ1) is 16.5. The molecule has 0 bridgehead atoms. The van der Waals surface area contributed by atoms with Crippen LogP contribution in [-0.2, 0) is 0 Å². The van der Waals surface area contributed by atoms with Gasteiger partial charge in [0.25, 0.3) is 11.8 Å². The minimum absolute atomic E-state index is 0.245. The first-order valence-corrected chi connectivity index (χ1v) is 11.1. The Hall–Kier alpha value is -3.80. The van der Waals surface area contributed by atoms with Crippen LogP contribution < -0.4 is 15.4 Å². The molecule has 0 aliphatic rings. The molecular formula is C27H20Cl2N2O3. The third kappa shape index (κ3) is 5.22. The number of anilines is 2. The molecule has 4 rings (SSSR count). The van der Waals surface area contributed by atoms with Crippen LogP contribution >= 0.6 is 23.2 Å². The average Bonchev–Trinajstić information content (AvgIpc) is 2.86. The Kier molecular flexibility index (Phi) is 7.16. The number of hydrogen-bond acceptors (Lipinski definition) is 3. The molecule has 0 radical (unpaired) electrons. The van der Waals surface area contributed by atoms with Gasteiger partial charge in [0.05, 0.1) is 23.5 Å². The Morgan fingerprint density at radius 1 is 0.735 bits per heavy atom. The predicted molar refractivity (Wildman–Crippen MR) is 137 cm³/mol. The van der Waals surface area contributed by atoms with Gasteiger partial charge < -0.3 is 15.4 Å². The number of carbonyl (C=O) groups excluding carboxylic acids is 2. The Balaban J connectivity index is 1.59. The van der Waals surface area contributed by atoms with E-state index in [-0.39, 0.29) is 16.8 Å². The highest BCUT2D eigenvalue weighted by Crippen LogP contribution is 2.35. The van der Waals surface area contributed by atoms with Gasteiger partial charge >= 0.3 is 0 Å². The average molecular weight is 491 g/mol. The first-order valence-electron chi connectivity index (χ1n) is 10.4. The molecule has 2 amide bonds. The van der Waals surface area contributed by atoms with E-state index in [1.807, 2.05) is 42.5 Å². The summed E-state index contributed by atoms with van der Waals surface area (Å²) in [6.07, 6.45) is 0. The van der Waals surface area contributed by atoms with E-state index >= 15 is 0 Å². The summed E-state index contributed by atoms with van der Waals surface area (Å²) in [6.45, 7) is 0. The van der Waals surface area contributed by atoms with Crippen LogP contribution in [-0.4, -0.2) is 18.9 Å². The summed E-state index contributed by atoms with van der Waals surface area (Å²) in [5.41, 5.74) is 3.39. The lowest BCUT2D eigenvalue weighted by Crippen LogP contribution is -2.15. The predicted octanol–water partition coefficient (Wildman–Crippen LogP) is 7.17. The normalized spacial score (nSPS) is 10.4. The zero-order chi connectivity index (χ0) is 24.1. The van der Waals surface area contributed by atoms with Crippen molar-refractivity contribution in [3.63, 3.8) is 0 Å². The summed E-state index contributed by atoms with van der Waals surface area (Å²) < 4.78 is 5.45. The summed E-state index contributed by atoms with van der Waals surface area (Å²) in [5.74, 6) is -0.317. The lowest BCUT2D eigenvalue weighted by Gasteiger charge is -2.16. The second-order valence-corrected chi connectivity index (χ2v) is 8.20. The SMILES string of the molecule is COc1cc(NC(=O)c2ccc(Cl)cc2)c(Cl)cc1NC(=O)c1ccccc1-c1ccccc1. The van der Waals surface area contributed by atoms with E-state index in [9.17, 15) is 9.59 Å². The molecule has 2 N–H and O–H groups in total. The number of hydrogen-bond donors (Lipinski definition) is 2. The van der Waals surface area contributed by atoms with Crippen molar-refractivity contribution in [3.8, 4) is 16.9 Å². The molecule has 0 aliphatic heterocycles. The molecule has 34 heavy (non-hydrogen) atoms. The Morgan fingerprint density at radius 3 is 2.09 bits per heavy atom. The molecule has 4 aromatic rings. The van der Waals surface area contributed by atoms with Crippen LogP contribution in [0.25, 0.3) is 11.1 Å². The summed E-state index contributed by atoms with van der Waals surface area (Å²) in [6, 6.07) is 26.6. The molecule has 0 saturated heterocycles. The summed E-state index contributed by atoms with van der Waals surface area (Å²) in [4.78, 5) is 25.7. The standard InChI is InChI=1S/C27H20Cl2N2O3/c1-34-25-16-23(30-26(32)18-11-13-19(28)14-12-18)22(29)15-24(25)31-27(33)21-10-6-5-9-20(21)17-7-3-2-4-8-17/h2-16H,1H3,(H,30,32)(H,31,33). The van der Waals surface area contributed by atoms with Crippen LogP contribution in [0.4, 0.5) is 11.4 Å². The highest BCUT2D eigenvalue weighted by molar-refractivity contribution is 6.34. The van der Waals surface area contributed by atoms with Crippen LogP contribution in [0.3, 0.4) is 0 Å². The third-order valence-electron chi connectivity index (χ3n) is 5.15. The van der Waals surface area contributed by atoms with Gasteiger partial charge in [-0.05, 0) is 47.5 Å². The van der Waals surface area contributed by atoms with Gasteiger partial charge in [0.2, 0.25) is 0 Å². The van der Waals surface area contributed by atoms with Crippen LogP contribution in [0.1, 0.15) is 20.7 Å². The largest absolute Gasteiger partial charge is 0.494 e. The van der Waals surface area contributed by atoms with Gasteiger partial charge in [-0.3, -0.25) is 9.59 Å². The Morgan fingerprint density at radius 2 is 1.38 bits per heavy atom. The van der Waals surface area contributed by atoms with Gasteiger partial charge in [0.1, 0.15) is 5.75 Å². The van der Waals surface area contributed by atoms with E-state index in [1.165, 1.54) is 7.11 Å². The molecular weight excluding hydrogens is 471 g/mol. The lowest BCUT2D eigenvalue weighted by atomic mass is 9.99. The maximum atomic E-state index is 13.2. The van der Waals surface area contributed by atoms with Crippen molar-refractivity contribution in [2.75, 3.05) is 17.7 Å². The molecule has 0 fully saturated rings. The summed E-state index contributed by atoms with van der Waals surface area (Å²) in [5, 5.41) is 6.41. The van der Waals surface area contributed by atoms with E-state index in [2.05, 4.69) is 10.6 Å². The minimum Gasteiger partial charge on any atom is -0.494 e. The number of rotatable bonds is 6. The van der Waals surface area contributed by atoms with Gasteiger partial charge in [0, 0.05) is 22.2 Å². The number of ether oxygens (including phenoxy) is 1. The maximum Gasteiger partial charge on any atom is 0.256 e.